The van der Waals surface area contributed by atoms with E-state index in [2.05, 4.69) is 40.8 Å². The van der Waals surface area contributed by atoms with Crippen molar-refractivity contribution in [2.45, 2.75) is 160 Å². The molecule has 1 unspecified atom stereocenters. The maximum Gasteiger partial charge on any atom is 0.416 e. The van der Waals surface area contributed by atoms with Crippen LogP contribution in [-0.4, -0.2) is 71.8 Å². The molecule has 0 fully saturated rings. The van der Waals surface area contributed by atoms with Gasteiger partial charge in [-0.15, -0.1) is 0 Å². The lowest BCUT2D eigenvalue weighted by atomic mass is 9.80. The van der Waals surface area contributed by atoms with Crippen LogP contribution in [-0.2, 0) is 24.3 Å². The number of nitrogens with zero attached hydrogens (tertiary/aromatic N) is 1. The van der Waals surface area contributed by atoms with Crippen LogP contribution in [0.2, 0.25) is 18.1 Å². The first kappa shape index (κ1) is 51.6. The first-order chi connectivity index (χ1) is 29.3. The van der Waals surface area contributed by atoms with Crippen LogP contribution in [0.1, 0.15) is 147 Å². The Bertz CT molecular complexity index is 1600. The van der Waals surface area contributed by atoms with Gasteiger partial charge in [0.1, 0.15) is 23.2 Å². The van der Waals surface area contributed by atoms with Gasteiger partial charge in [-0.25, -0.2) is 9.69 Å². The van der Waals surface area contributed by atoms with Crippen LogP contribution in [0.3, 0.4) is 0 Å². The second-order valence-electron chi connectivity index (χ2n) is 17.9. The Morgan fingerprint density at radius 2 is 1.11 bits per heavy atom. The number of amides is 2. The summed E-state index contributed by atoms with van der Waals surface area (Å²) in [6, 6.07) is 25.7. The third kappa shape index (κ3) is 16.8. The fourth-order valence-corrected chi connectivity index (χ4v) is 8.33. The molecule has 3 rings (SSSR count). The fourth-order valence-electron chi connectivity index (χ4n) is 7.29. The number of ether oxygens (including phenoxy) is 4. The van der Waals surface area contributed by atoms with Gasteiger partial charge in [0.05, 0.1) is 27.4 Å². The van der Waals surface area contributed by atoms with Crippen molar-refractivity contribution < 1.29 is 33.0 Å². The maximum atomic E-state index is 14.2. The van der Waals surface area contributed by atoms with E-state index in [0.717, 1.165) is 36.0 Å². The molecule has 61 heavy (non-hydrogen) atoms. The summed E-state index contributed by atoms with van der Waals surface area (Å²) in [5.74, 6) is 1.21. The summed E-state index contributed by atoms with van der Waals surface area (Å²) in [7, 11) is 0.990. The van der Waals surface area contributed by atoms with E-state index >= 15 is 0 Å². The zero-order valence-electron chi connectivity index (χ0n) is 39.1. The van der Waals surface area contributed by atoms with Crippen molar-refractivity contribution in [2.75, 3.05) is 40.5 Å². The van der Waals surface area contributed by atoms with Gasteiger partial charge >= 0.3 is 6.09 Å². The summed E-state index contributed by atoms with van der Waals surface area (Å²) in [4.78, 5) is 29.3. The highest BCUT2D eigenvalue weighted by Crippen LogP contribution is 2.42. The molecule has 0 bridgehead atoms. The molecule has 1 atom stereocenters. The largest absolute Gasteiger partial charge is 0.497 e. The second kappa shape index (κ2) is 27.4. The molecule has 340 valence electrons. The summed E-state index contributed by atoms with van der Waals surface area (Å²) in [5.41, 5.74) is 7.32. The summed E-state index contributed by atoms with van der Waals surface area (Å²) < 4.78 is 31.3. The minimum Gasteiger partial charge on any atom is -0.497 e. The molecular formula is C51H80N2O7Si. The first-order valence-corrected chi connectivity index (χ1v) is 26.1. The minimum atomic E-state index is -2.30. The molecule has 2 N–H and O–H groups in total. The molecule has 10 heteroatoms. The number of imide groups is 1. The molecule has 2 amide bonds. The third-order valence-corrected chi connectivity index (χ3v) is 16.7. The molecule has 0 radical (unpaired) electrons. The van der Waals surface area contributed by atoms with E-state index in [4.69, 9.17) is 29.1 Å². The second-order valence-corrected chi connectivity index (χ2v) is 22.7. The lowest BCUT2D eigenvalue weighted by Gasteiger charge is -2.39. The molecule has 9 nitrogen and oxygen atoms in total. The molecular weight excluding hydrogens is 781 g/mol. The maximum absolute atomic E-state index is 14.2. The Labute approximate surface area is 370 Å². The topological polar surface area (TPSA) is 110 Å². The highest BCUT2D eigenvalue weighted by molar-refractivity contribution is 6.74. The first-order valence-electron chi connectivity index (χ1n) is 23.2. The van der Waals surface area contributed by atoms with Crippen molar-refractivity contribution in [3.63, 3.8) is 0 Å². The average Bonchev–Trinajstić information content (AvgIpc) is 3.26. The smallest absolute Gasteiger partial charge is 0.416 e. The van der Waals surface area contributed by atoms with E-state index in [1.54, 1.807) is 14.2 Å². The van der Waals surface area contributed by atoms with E-state index in [9.17, 15) is 9.59 Å². The van der Waals surface area contributed by atoms with E-state index < -0.39 is 26.1 Å². The number of hydrogen-bond donors (Lipinski definition) is 1. The zero-order chi connectivity index (χ0) is 44.6. The number of hydrogen-bond acceptors (Lipinski definition) is 8. The summed E-state index contributed by atoms with van der Waals surface area (Å²) >= 11 is 0. The molecule has 0 aliphatic carbocycles. The van der Waals surface area contributed by atoms with Gasteiger partial charge in [-0.1, -0.05) is 159 Å². The monoisotopic (exact) mass is 861 g/mol. The number of carbonyl (C=O) groups excluding carboxylic acids is 2. The van der Waals surface area contributed by atoms with Crippen molar-refractivity contribution in [3.8, 4) is 11.5 Å². The van der Waals surface area contributed by atoms with Crippen molar-refractivity contribution in [3.05, 3.63) is 95.6 Å². The summed E-state index contributed by atoms with van der Waals surface area (Å²) in [6.45, 7) is 14.0. The average molecular weight is 861 g/mol. The Morgan fingerprint density at radius 1 is 0.639 bits per heavy atom. The van der Waals surface area contributed by atoms with Crippen LogP contribution in [0.4, 0.5) is 4.79 Å². The van der Waals surface area contributed by atoms with Crippen molar-refractivity contribution >= 4 is 20.3 Å². The van der Waals surface area contributed by atoms with Gasteiger partial charge in [-0.3, -0.25) is 4.79 Å². The third-order valence-electron chi connectivity index (χ3n) is 12.2. The van der Waals surface area contributed by atoms with Crippen molar-refractivity contribution in [1.29, 1.82) is 0 Å². The highest BCUT2D eigenvalue weighted by Gasteiger charge is 2.41. The van der Waals surface area contributed by atoms with Gasteiger partial charge in [-0.2, -0.15) is 0 Å². The van der Waals surface area contributed by atoms with E-state index in [-0.39, 0.29) is 30.7 Å². The van der Waals surface area contributed by atoms with Gasteiger partial charge in [0.2, 0.25) is 5.91 Å². The molecule has 0 aromatic heterocycles. The lowest BCUT2D eigenvalue weighted by molar-refractivity contribution is -0.131. The normalized spacial score (nSPS) is 12.5. The molecule has 0 spiro atoms. The Hall–Kier alpha value is -3.70. The quantitative estimate of drug-likeness (QED) is 0.0401. The number of rotatable bonds is 30. The predicted octanol–water partition coefficient (Wildman–Crippen LogP) is 12.6. The van der Waals surface area contributed by atoms with Crippen LogP contribution >= 0.6 is 0 Å². The van der Waals surface area contributed by atoms with Crippen molar-refractivity contribution in [1.82, 2.24) is 4.90 Å². The van der Waals surface area contributed by atoms with Crippen molar-refractivity contribution in [2.24, 2.45) is 5.73 Å². The van der Waals surface area contributed by atoms with Crippen LogP contribution in [0.25, 0.3) is 0 Å². The number of nitrogens with two attached hydrogens (primary N) is 1. The van der Waals surface area contributed by atoms with Gasteiger partial charge in [0.15, 0.2) is 8.32 Å². The van der Waals surface area contributed by atoms with Gasteiger partial charge < -0.3 is 29.1 Å². The zero-order valence-corrected chi connectivity index (χ0v) is 40.1. The van der Waals surface area contributed by atoms with E-state index in [1.165, 1.54) is 69.1 Å². The summed E-state index contributed by atoms with van der Waals surface area (Å²) in [5, 5.41) is -0.0828. The standard InChI is InChI=1S/C51H80N2O7Si/c1-9-10-11-12-13-14-15-16-17-18-19-20-24-29-48(54)53(39-26-25-38-52)49(55)60-47(41-59-61(7,8)50(2,3)4)40-58-51(42-27-22-21-23-28-42,43-30-34-45(56-5)35-31-43)44-32-36-46(57-6)37-33-44/h21-23,27-28,30-37,47H,9-20,24-26,29,38-41,52H2,1-8H3. The van der Waals surface area contributed by atoms with Gasteiger partial charge in [0.25, 0.3) is 0 Å². The molecule has 0 saturated carbocycles. The molecule has 3 aromatic carbocycles. The number of benzene rings is 3. The van der Waals surface area contributed by atoms with E-state index in [0.29, 0.717) is 37.3 Å². The van der Waals surface area contributed by atoms with Crippen LogP contribution in [0.15, 0.2) is 78.9 Å². The summed E-state index contributed by atoms with van der Waals surface area (Å²) in [6.07, 6.45) is 16.0. The van der Waals surface area contributed by atoms with Crippen LogP contribution < -0.4 is 15.2 Å². The highest BCUT2D eigenvalue weighted by atomic mass is 28.4. The van der Waals surface area contributed by atoms with Crippen LogP contribution in [0, 0.1) is 0 Å². The van der Waals surface area contributed by atoms with Gasteiger partial charge in [0, 0.05) is 13.0 Å². The number of unbranched alkanes of at least 4 members (excludes halogenated alkanes) is 13. The van der Waals surface area contributed by atoms with Crippen LogP contribution in [0.5, 0.6) is 11.5 Å². The Morgan fingerprint density at radius 3 is 1.57 bits per heavy atom. The Balaban J connectivity index is 1.85. The SMILES string of the molecule is CCCCCCCCCCCCCCCC(=O)N(CCCCN)C(=O)OC(COC(c1ccccc1)(c1ccc(OC)cc1)c1ccc(OC)cc1)CO[Si](C)(C)C(C)(C)C. The molecule has 0 aliphatic rings. The van der Waals surface area contributed by atoms with E-state index in [1.807, 2.05) is 78.9 Å². The molecule has 0 heterocycles. The number of carbonyl (C=O) groups is 2. The molecule has 0 saturated heterocycles. The fraction of sp³-hybridized carbons (Fsp3) is 0.608. The molecule has 0 aliphatic heterocycles. The Kier molecular flexibility index (Phi) is 23.2. The molecule has 3 aromatic rings. The predicted molar refractivity (Wildman–Crippen MR) is 252 cm³/mol. The minimum absolute atomic E-state index is 0.0169. The number of methoxy groups -OCH3 is 2. The van der Waals surface area contributed by atoms with Gasteiger partial charge in [-0.05, 0) is 84.9 Å². The lowest BCUT2D eigenvalue weighted by Crippen LogP contribution is -2.47.